The first-order chi connectivity index (χ1) is 8.95. The van der Waals surface area contributed by atoms with Crippen LogP contribution in [0.4, 0.5) is 4.39 Å². The second-order valence-electron chi connectivity index (χ2n) is 4.45. The Kier molecular flexibility index (Phi) is 4.47. The van der Waals surface area contributed by atoms with Crippen LogP contribution in [0.2, 0.25) is 5.02 Å². The third kappa shape index (κ3) is 3.70. The molecule has 3 nitrogen and oxygen atoms in total. The number of thioether (sulfide) groups is 1. The van der Waals surface area contributed by atoms with E-state index in [-0.39, 0.29) is 16.3 Å². The zero-order valence-corrected chi connectivity index (χ0v) is 11.9. The van der Waals surface area contributed by atoms with E-state index in [0.29, 0.717) is 30.1 Å². The Balaban J connectivity index is 2.03. The van der Waals surface area contributed by atoms with Gasteiger partial charge in [-0.05, 0) is 17.7 Å². The number of likely N-dealkylation sites (tertiary alicyclic amines) is 1. The number of amides is 1. The third-order valence-electron chi connectivity index (χ3n) is 2.89. The lowest BCUT2D eigenvalue weighted by atomic mass is 10.2. The van der Waals surface area contributed by atoms with Gasteiger partial charge in [-0.1, -0.05) is 29.4 Å². The Labute approximate surface area is 120 Å². The number of rotatable bonds is 3. The molecular weight excluding hydrogens is 289 g/mol. The van der Waals surface area contributed by atoms with E-state index in [4.69, 9.17) is 11.6 Å². The molecule has 6 heteroatoms. The molecule has 1 aromatic carbocycles. The number of halogens is 2. The number of hydrogen-bond donors (Lipinski definition) is 0. The molecule has 2 rings (SSSR count). The van der Waals surface area contributed by atoms with Crippen LogP contribution >= 0.6 is 23.4 Å². The fraction of sp³-hybridized carbons (Fsp3) is 0.385. The summed E-state index contributed by atoms with van der Waals surface area (Å²) in [4.78, 5) is 24.5. The van der Waals surface area contributed by atoms with E-state index in [9.17, 15) is 14.0 Å². The maximum Gasteiger partial charge on any atom is 0.224 e. The van der Waals surface area contributed by atoms with E-state index >= 15 is 0 Å². The van der Waals surface area contributed by atoms with Gasteiger partial charge in [0.15, 0.2) is 5.12 Å². The van der Waals surface area contributed by atoms with E-state index in [1.54, 1.807) is 11.0 Å². The Morgan fingerprint density at radius 1 is 1.58 bits per heavy atom. The summed E-state index contributed by atoms with van der Waals surface area (Å²) in [5.74, 6) is -0.398. The van der Waals surface area contributed by atoms with Crippen LogP contribution < -0.4 is 0 Å². The highest BCUT2D eigenvalue weighted by Crippen LogP contribution is 2.27. The summed E-state index contributed by atoms with van der Waals surface area (Å²) in [6, 6.07) is 4.14. The molecule has 0 spiro atoms. The Morgan fingerprint density at radius 3 is 2.95 bits per heavy atom. The SMILES string of the molecule is CC(=O)SC1CC(=O)N(Cc2ccc(F)cc2Cl)C1. The Morgan fingerprint density at radius 2 is 2.32 bits per heavy atom. The summed E-state index contributed by atoms with van der Waals surface area (Å²) in [5, 5.41) is 0.333. The summed E-state index contributed by atoms with van der Waals surface area (Å²) in [7, 11) is 0. The molecule has 1 fully saturated rings. The molecule has 1 aliphatic rings. The molecule has 1 aromatic rings. The first-order valence-electron chi connectivity index (χ1n) is 5.84. The maximum atomic E-state index is 12.9. The van der Waals surface area contributed by atoms with Gasteiger partial charge in [-0.15, -0.1) is 0 Å². The van der Waals surface area contributed by atoms with Crippen molar-refractivity contribution in [1.29, 1.82) is 0 Å². The van der Waals surface area contributed by atoms with Crippen LogP contribution in [0, 0.1) is 5.82 Å². The number of benzene rings is 1. The number of hydrogen-bond acceptors (Lipinski definition) is 3. The minimum absolute atomic E-state index is 0.000795. The lowest BCUT2D eigenvalue weighted by Crippen LogP contribution is -2.25. The van der Waals surface area contributed by atoms with Gasteiger partial charge in [-0.3, -0.25) is 9.59 Å². The first kappa shape index (κ1) is 14.3. The zero-order valence-electron chi connectivity index (χ0n) is 10.4. The summed E-state index contributed by atoms with van der Waals surface area (Å²) in [6.45, 7) is 2.37. The number of carbonyl (C=O) groups is 2. The smallest absolute Gasteiger partial charge is 0.224 e. The molecule has 0 aromatic heterocycles. The highest BCUT2D eigenvalue weighted by Gasteiger charge is 2.31. The maximum absolute atomic E-state index is 12.9. The third-order valence-corrected chi connectivity index (χ3v) is 4.22. The minimum atomic E-state index is -0.397. The molecule has 19 heavy (non-hydrogen) atoms. The zero-order chi connectivity index (χ0) is 14.0. The van der Waals surface area contributed by atoms with Crippen molar-refractivity contribution in [3.8, 4) is 0 Å². The topological polar surface area (TPSA) is 37.4 Å². The van der Waals surface area contributed by atoms with Crippen LogP contribution in [-0.2, 0) is 16.1 Å². The molecule has 0 N–H and O–H groups in total. The van der Waals surface area contributed by atoms with E-state index < -0.39 is 5.82 Å². The van der Waals surface area contributed by atoms with Crippen molar-refractivity contribution in [3.05, 3.63) is 34.6 Å². The van der Waals surface area contributed by atoms with Crippen molar-refractivity contribution < 1.29 is 14.0 Å². The van der Waals surface area contributed by atoms with Crippen molar-refractivity contribution in [2.24, 2.45) is 0 Å². The normalized spacial score (nSPS) is 19.0. The van der Waals surface area contributed by atoms with Crippen LogP contribution in [0.15, 0.2) is 18.2 Å². The molecule has 1 unspecified atom stereocenters. The molecule has 1 saturated heterocycles. The second-order valence-corrected chi connectivity index (χ2v) is 6.33. The van der Waals surface area contributed by atoms with E-state index in [1.165, 1.54) is 30.8 Å². The van der Waals surface area contributed by atoms with Gasteiger partial charge in [-0.2, -0.15) is 0 Å². The fourth-order valence-electron chi connectivity index (χ4n) is 2.06. The number of carbonyl (C=O) groups excluding carboxylic acids is 2. The van der Waals surface area contributed by atoms with E-state index in [1.807, 2.05) is 0 Å². The van der Waals surface area contributed by atoms with Gasteiger partial charge in [0.25, 0.3) is 0 Å². The Bertz CT molecular complexity index is 523. The average Bonchev–Trinajstić information content (AvgIpc) is 2.62. The number of nitrogens with zero attached hydrogens (tertiary/aromatic N) is 1. The van der Waals surface area contributed by atoms with Gasteiger partial charge < -0.3 is 4.90 Å². The van der Waals surface area contributed by atoms with Gasteiger partial charge in [0.2, 0.25) is 5.91 Å². The quantitative estimate of drug-likeness (QED) is 0.861. The standard InChI is InChI=1S/C13H13ClFNO2S/c1-8(17)19-11-5-13(18)16(7-11)6-9-2-3-10(15)4-12(9)14/h2-4,11H,5-7H2,1H3. The molecule has 0 bridgehead atoms. The Hall–Kier alpha value is -1.07. The van der Waals surface area contributed by atoms with E-state index in [0.717, 1.165) is 0 Å². The molecular formula is C13H13ClFNO2S. The van der Waals surface area contributed by atoms with Crippen molar-refractivity contribution in [2.45, 2.75) is 25.1 Å². The van der Waals surface area contributed by atoms with Crippen molar-refractivity contribution >= 4 is 34.4 Å². The highest BCUT2D eigenvalue weighted by molar-refractivity contribution is 8.14. The minimum Gasteiger partial charge on any atom is -0.337 e. The molecule has 1 heterocycles. The predicted octanol–water partition coefficient (Wildman–Crippen LogP) is 2.86. The summed E-state index contributed by atoms with van der Waals surface area (Å²) < 4.78 is 12.9. The predicted molar refractivity (Wildman–Crippen MR) is 73.5 cm³/mol. The molecule has 0 radical (unpaired) electrons. The second kappa shape index (κ2) is 5.92. The van der Waals surface area contributed by atoms with Crippen LogP contribution in [0.3, 0.4) is 0 Å². The molecule has 0 saturated carbocycles. The van der Waals surface area contributed by atoms with Crippen LogP contribution in [0.5, 0.6) is 0 Å². The van der Waals surface area contributed by atoms with Gasteiger partial charge in [0.1, 0.15) is 5.82 Å². The van der Waals surface area contributed by atoms with Crippen LogP contribution in [0.25, 0.3) is 0 Å². The van der Waals surface area contributed by atoms with Crippen molar-refractivity contribution in [2.75, 3.05) is 6.54 Å². The highest BCUT2D eigenvalue weighted by atomic mass is 35.5. The van der Waals surface area contributed by atoms with Crippen molar-refractivity contribution in [3.63, 3.8) is 0 Å². The molecule has 1 atom stereocenters. The molecule has 1 amide bonds. The van der Waals surface area contributed by atoms with Crippen LogP contribution in [-0.4, -0.2) is 27.7 Å². The molecule has 102 valence electrons. The first-order valence-corrected chi connectivity index (χ1v) is 7.10. The van der Waals surface area contributed by atoms with Gasteiger partial charge in [-0.25, -0.2) is 4.39 Å². The summed E-state index contributed by atoms with van der Waals surface area (Å²) in [5.41, 5.74) is 0.713. The summed E-state index contributed by atoms with van der Waals surface area (Å²) >= 11 is 7.13. The van der Waals surface area contributed by atoms with Crippen LogP contribution in [0.1, 0.15) is 18.9 Å². The monoisotopic (exact) mass is 301 g/mol. The van der Waals surface area contributed by atoms with Gasteiger partial charge >= 0.3 is 0 Å². The van der Waals surface area contributed by atoms with Crippen molar-refractivity contribution in [1.82, 2.24) is 4.90 Å². The summed E-state index contributed by atoms with van der Waals surface area (Å²) in [6.07, 6.45) is 0.364. The fourth-order valence-corrected chi connectivity index (χ4v) is 3.23. The largest absolute Gasteiger partial charge is 0.337 e. The lowest BCUT2D eigenvalue weighted by Gasteiger charge is -2.17. The molecule has 1 aliphatic heterocycles. The molecule has 0 aliphatic carbocycles. The lowest BCUT2D eigenvalue weighted by molar-refractivity contribution is -0.128. The van der Waals surface area contributed by atoms with Gasteiger partial charge in [0, 0.05) is 36.7 Å². The van der Waals surface area contributed by atoms with Gasteiger partial charge in [0.05, 0.1) is 0 Å². The van der Waals surface area contributed by atoms with E-state index in [2.05, 4.69) is 0 Å². The average molecular weight is 302 g/mol.